The molecule has 0 bridgehead atoms. The van der Waals surface area contributed by atoms with Crippen molar-refractivity contribution in [2.24, 2.45) is 0 Å². The summed E-state index contributed by atoms with van der Waals surface area (Å²) in [7, 11) is 4.05. The average molecular weight is 227 g/mol. The summed E-state index contributed by atoms with van der Waals surface area (Å²) in [4.78, 5) is 2.08. The van der Waals surface area contributed by atoms with Gasteiger partial charge in [-0.05, 0) is 29.3 Å². The molecule has 2 aromatic carbocycles. The van der Waals surface area contributed by atoms with Gasteiger partial charge in [0.1, 0.15) is 5.75 Å². The molecule has 1 N–H and O–H groups in total. The van der Waals surface area contributed by atoms with Crippen molar-refractivity contribution in [3.8, 4) is 5.75 Å². The molecule has 2 rings (SSSR count). The van der Waals surface area contributed by atoms with Crippen LogP contribution < -0.4 is 4.90 Å². The van der Waals surface area contributed by atoms with Crippen LogP contribution in [0.5, 0.6) is 5.75 Å². The van der Waals surface area contributed by atoms with Crippen LogP contribution in [0.4, 0.5) is 5.69 Å². The first-order chi connectivity index (χ1) is 8.16. The molecule has 0 aliphatic carbocycles. The molecule has 0 atom stereocenters. The molecule has 2 aromatic rings. The van der Waals surface area contributed by atoms with Crippen LogP contribution in [0.15, 0.2) is 48.5 Å². The van der Waals surface area contributed by atoms with Gasteiger partial charge in [0.2, 0.25) is 0 Å². The molecule has 0 fully saturated rings. The first-order valence-corrected chi connectivity index (χ1v) is 5.70. The SMILES string of the molecule is CN(C)c1cccc(Cc2ccccc2O)c1. The van der Waals surface area contributed by atoms with Crippen LogP contribution in [0.25, 0.3) is 0 Å². The van der Waals surface area contributed by atoms with Crippen molar-refractivity contribution in [3.05, 3.63) is 59.7 Å². The van der Waals surface area contributed by atoms with Gasteiger partial charge in [0, 0.05) is 26.2 Å². The molecule has 0 aliphatic rings. The third kappa shape index (κ3) is 2.78. The number of nitrogens with zero attached hydrogens (tertiary/aromatic N) is 1. The number of hydrogen-bond acceptors (Lipinski definition) is 2. The fourth-order valence-electron chi connectivity index (χ4n) is 1.82. The smallest absolute Gasteiger partial charge is 0.119 e. The van der Waals surface area contributed by atoms with Crippen molar-refractivity contribution < 1.29 is 5.11 Å². The van der Waals surface area contributed by atoms with Gasteiger partial charge in [0.25, 0.3) is 0 Å². The molecule has 17 heavy (non-hydrogen) atoms. The van der Waals surface area contributed by atoms with E-state index in [0.717, 1.165) is 12.0 Å². The lowest BCUT2D eigenvalue weighted by atomic mass is 10.0. The zero-order valence-electron chi connectivity index (χ0n) is 10.2. The number of phenols is 1. The van der Waals surface area contributed by atoms with E-state index in [1.165, 1.54) is 11.3 Å². The maximum absolute atomic E-state index is 9.74. The highest BCUT2D eigenvalue weighted by Gasteiger charge is 2.02. The molecule has 0 unspecified atom stereocenters. The van der Waals surface area contributed by atoms with Gasteiger partial charge in [-0.15, -0.1) is 0 Å². The largest absolute Gasteiger partial charge is 0.508 e. The predicted octanol–water partition coefficient (Wildman–Crippen LogP) is 3.05. The van der Waals surface area contributed by atoms with Crippen LogP contribution in [0.1, 0.15) is 11.1 Å². The van der Waals surface area contributed by atoms with E-state index >= 15 is 0 Å². The molecule has 0 saturated carbocycles. The normalized spacial score (nSPS) is 10.2. The zero-order valence-corrected chi connectivity index (χ0v) is 10.2. The monoisotopic (exact) mass is 227 g/mol. The van der Waals surface area contributed by atoms with Crippen LogP contribution in [-0.2, 0) is 6.42 Å². The van der Waals surface area contributed by atoms with Gasteiger partial charge in [-0.25, -0.2) is 0 Å². The van der Waals surface area contributed by atoms with E-state index in [0.29, 0.717) is 5.75 Å². The Morgan fingerprint density at radius 2 is 1.76 bits per heavy atom. The summed E-state index contributed by atoms with van der Waals surface area (Å²) < 4.78 is 0. The Balaban J connectivity index is 2.25. The maximum Gasteiger partial charge on any atom is 0.119 e. The second-order valence-corrected chi connectivity index (χ2v) is 4.37. The molecule has 0 aliphatic heterocycles. The van der Waals surface area contributed by atoms with Crippen molar-refractivity contribution >= 4 is 5.69 Å². The topological polar surface area (TPSA) is 23.5 Å². The van der Waals surface area contributed by atoms with E-state index in [2.05, 4.69) is 23.1 Å². The minimum atomic E-state index is 0.364. The lowest BCUT2D eigenvalue weighted by Crippen LogP contribution is -2.08. The molecule has 0 heterocycles. The Morgan fingerprint density at radius 1 is 1.00 bits per heavy atom. The van der Waals surface area contributed by atoms with Crippen LogP contribution in [0.3, 0.4) is 0 Å². The molecule has 88 valence electrons. The fraction of sp³-hybridized carbons (Fsp3) is 0.200. The number of para-hydroxylation sites is 1. The van der Waals surface area contributed by atoms with Crippen LogP contribution in [0, 0.1) is 0 Å². The van der Waals surface area contributed by atoms with Gasteiger partial charge < -0.3 is 10.0 Å². The standard InChI is InChI=1S/C15H17NO/c1-16(2)14-8-5-6-12(11-14)10-13-7-3-4-9-15(13)17/h3-9,11,17H,10H2,1-2H3. The Morgan fingerprint density at radius 3 is 2.47 bits per heavy atom. The third-order valence-electron chi connectivity index (χ3n) is 2.81. The lowest BCUT2D eigenvalue weighted by Gasteiger charge is -2.13. The number of hydrogen-bond donors (Lipinski definition) is 1. The Kier molecular flexibility index (Phi) is 3.33. The summed E-state index contributed by atoms with van der Waals surface area (Å²) in [6, 6.07) is 15.8. The Labute approximate surface area is 102 Å². The van der Waals surface area contributed by atoms with E-state index in [1.54, 1.807) is 6.07 Å². The van der Waals surface area contributed by atoms with Crippen molar-refractivity contribution in [1.82, 2.24) is 0 Å². The highest BCUT2D eigenvalue weighted by Crippen LogP contribution is 2.21. The van der Waals surface area contributed by atoms with Crippen LogP contribution in [0.2, 0.25) is 0 Å². The summed E-state index contributed by atoms with van der Waals surface area (Å²) in [5.74, 6) is 0.364. The minimum Gasteiger partial charge on any atom is -0.508 e. The number of phenolic OH excluding ortho intramolecular Hbond substituents is 1. The van der Waals surface area contributed by atoms with Crippen molar-refractivity contribution in [3.63, 3.8) is 0 Å². The molecule has 0 radical (unpaired) electrons. The summed E-state index contributed by atoms with van der Waals surface area (Å²) >= 11 is 0. The Bertz CT molecular complexity index is 506. The molecular formula is C15H17NO. The molecular weight excluding hydrogens is 210 g/mol. The van der Waals surface area contributed by atoms with E-state index in [4.69, 9.17) is 0 Å². The molecule has 2 heteroatoms. The van der Waals surface area contributed by atoms with Gasteiger partial charge >= 0.3 is 0 Å². The minimum absolute atomic E-state index is 0.364. The highest BCUT2D eigenvalue weighted by molar-refractivity contribution is 5.48. The van der Waals surface area contributed by atoms with Crippen molar-refractivity contribution in [2.75, 3.05) is 19.0 Å². The lowest BCUT2D eigenvalue weighted by molar-refractivity contribution is 0.469. The second-order valence-electron chi connectivity index (χ2n) is 4.37. The average Bonchev–Trinajstić information content (AvgIpc) is 2.32. The molecule has 0 aromatic heterocycles. The van der Waals surface area contributed by atoms with Crippen LogP contribution >= 0.6 is 0 Å². The molecule has 0 saturated heterocycles. The quantitative estimate of drug-likeness (QED) is 0.871. The molecule has 0 spiro atoms. The highest BCUT2D eigenvalue weighted by atomic mass is 16.3. The van der Waals surface area contributed by atoms with E-state index in [-0.39, 0.29) is 0 Å². The fourth-order valence-corrected chi connectivity index (χ4v) is 1.82. The van der Waals surface area contributed by atoms with E-state index in [1.807, 2.05) is 38.4 Å². The molecule has 0 amide bonds. The number of rotatable bonds is 3. The summed E-state index contributed by atoms with van der Waals surface area (Å²) in [5, 5.41) is 9.74. The first kappa shape index (κ1) is 11.5. The van der Waals surface area contributed by atoms with Crippen LogP contribution in [-0.4, -0.2) is 19.2 Å². The predicted molar refractivity (Wildman–Crippen MR) is 71.7 cm³/mol. The number of benzene rings is 2. The third-order valence-corrected chi connectivity index (χ3v) is 2.81. The second kappa shape index (κ2) is 4.91. The van der Waals surface area contributed by atoms with Crippen molar-refractivity contribution in [2.45, 2.75) is 6.42 Å². The van der Waals surface area contributed by atoms with Gasteiger partial charge in [0.05, 0.1) is 0 Å². The Hall–Kier alpha value is -1.96. The summed E-state index contributed by atoms with van der Waals surface area (Å²) in [6.45, 7) is 0. The molecule has 2 nitrogen and oxygen atoms in total. The summed E-state index contributed by atoms with van der Waals surface area (Å²) in [6.07, 6.45) is 0.758. The number of anilines is 1. The van der Waals surface area contributed by atoms with E-state index < -0.39 is 0 Å². The van der Waals surface area contributed by atoms with Crippen molar-refractivity contribution in [1.29, 1.82) is 0 Å². The first-order valence-electron chi connectivity index (χ1n) is 5.70. The van der Waals surface area contributed by atoms with Gasteiger partial charge in [-0.3, -0.25) is 0 Å². The zero-order chi connectivity index (χ0) is 12.3. The van der Waals surface area contributed by atoms with Gasteiger partial charge in [-0.1, -0.05) is 30.3 Å². The maximum atomic E-state index is 9.74. The van der Waals surface area contributed by atoms with Gasteiger partial charge in [0.15, 0.2) is 0 Å². The number of aromatic hydroxyl groups is 1. The summed E-state index contributed by atoms with van der Waals surface area (Å²) in [5.41, 5.74) is 3.35. The van der Waals surface area contributed by atoms with E-state index in [9.17, 15) is 5.11 Å². The van der Waals surface area contributed by atoms with Gasteiger partial charge in [-0.2, -0.15) is 0 Å².